The Hall–Kier alpha value is -0.850. The Morgan fingerprint density at radius 3 is 2.55 bits per heavy atom. The van der Waals surface area contributed by atoms with Crippen LogP contribution in [0.4, 0.5) is 0 Å². The molecule has 1 nitrogen and oxygen atoms in total. The summed E-state index contributed by atoms with van der Waals surface area (Å²) >= 11 is 0. The van der Waals surface area contributed by atoms with Crippen molar-refractivity contribution in [3.05, 3.63) is 23.8 Å². The van der Waals surface area contributed by atoms with Crippen LogP contribution in [0.1, 0.15) is 27.2 Å². The van der Waals surface area contributed by atoms with Crippen molar-refractivity contribution in [3.8, 4) is 0 Å². The molecule has 0 saturated carbocycles. The first-order valence-electron chi connectivity index (χ1n) is 4.06. The van der Waals surface area contributed by atoms with Gasteiger partial charge in [0.2, 0.25) is 0 Å². The Labute approximate surface area is 69.3 Å². The molecule has 0 aromatic carbocycles. The van der Waals surface area contributed by atoms with E-state index in [2.05, 4.69) is 32.9 Å². The monoisotopic (exact) mass is 151 g/mol. The Morgan fingerprint density at radius 2 is 2.18 bits per heavy atom. The van der Waals surface area contributed by atoms with Crippen LogP contribution in [0.15, 0.2) is 23.8 Å². The molecular formula is C10H17N. The van der Waals surface area contributed by atoms with Crippen molar-refractivity contribution in [2.75, 3.05) is 0 Å². The first kappa shape index (κ1) is 10.2. The molecule has 0 aromatic heterocycles. The van der Waals surface area contributed by atoms with Gasteiger partial charge in [0.25, 0.3) is 0 Å². The molecule has 0 aliphatic heterocycles. The summed E-state index contributed by atoms with van der Waals surface area (Å²) in [5, 5.41) is 6.84. The molecule has 0 aliphatic carbocycles. The van der Waals surface area contributed by atoms with Crippen LogP contribution in [-0.2, 0) is 0 Å². The van der Waals surface area contributed by atoms with Crippen molar-refractivity contribution in [1.29, 1.82) is 5.41 Å². The largest absolute Gasteiger partial charge is 0.309 e. The van der Waals surface area contributed by atoms with Crippen molar-refractivity contribution in [2.24, 2.45) is 5.92 Å². The molecule has 0 amide bonds. The van der Waals surface area contributed by atoms with Gasteiger partial charge in [0.15, 0.2) is 0 Å². The molecule has 0 radical (unpaired) electrons. The lowest BCUT2D eigenvalue weighted by Crippen LogP contribution is -1.95. The van der Waals surface area contributed by atoms with Gasteiger partial charge in [-0.3, -0.25) is 0 Å². The van der Waals surface area contributed by atoms with Gasteiger partial charge >= 0.3 is 0 Å². The zero-order chi connectivity index (χ0) is 8.69. The maximum absolute atomic E-state index is 6.84. The van der Waals surface area contributed by atoms with Crippen LogP contribution >= 0.6 is 0 Å². The van der Waals surface area contributed by atoms with Crippen LogP contribution < -0.4 is 0 Å². The van der Waals surface area contributed by atoms with Crippen LogP contribution in [0.25, 0.3) is 0 Å². The zero-order valence-electron chi connectivity index (χ0n) is 7.59. The molecule has 1 atom stereocenters. The second-order valence-electron chi connectivity index (χ2n) is 2.60. The fourth-order valence-electron chi connectivity index (χ4n) is 1.01. The summed E-state index contributed by atoms with van der Waals surface area (Å²) in [5.41, 5.74) is 1.38. The van der Waals surface area contributed by atoms with E-state index in [4.69, 9.17) is 5.41 Å². The van der Waals surface area contributed by atoms with E-state index in [1.54, 1.807) is 6.08 Å². The van der Waals surface area contributed by atoms with Crippen LogP contribution in [0.3, 0.4) is 0 Å². The molecule has 1 unspecified atom stereocenters. The summed E-state index contributed by atoms with van der Waals surface area (Å²) < 4.78 is 0. The van der Waals surface area contributed by atoms with Crippen molar-refractivity contribution in [2.45, 2.75) is 27.2 Å². The lowest BCUT2D eigenvalue weighted by atomic mass is 9.97. The van der Waals surface area contributed by atoms with Crippen molar-refractivity contribution >= 4 is 6.21 Å². The molecule has 0 rings (SSSR count). The van der Waals surface area contributed by atoms with Crippen LogP contribution in [0, 0.1) is 11.3 Å². The first-order valence-corrected chi connectivity index (χ1v) is 4.06. The fourth-order valence-corrected chi connectivity index (χ4v) is 1.01. The normalized spacial score (nSPS) is 15.4. The highest BCUT2D eigenvalue weighted by Gasteiger charge is 2.01. The molecule has 0 fully saturated rings. The van der Waals surface area contributed by atoms with Crippen LogP contribution in [0.2, 0.25) is 0 Å². The van der Waals surface area contributed by atoms with E-state index in [0.29, 0.717) is 5.92 Å². The minimum Gasteiger partial charge on any atom is -0.309 e. The summed E-state index contributed by atoms with van der Waals surface area (Å²) in [6.07, 6.45) is 8.43. The molecule has 11 heavy (non-hydrogen) atoms. The van der Waals surface area contributed by atoms with E-state index in [1.165, 1.54) is 11.8 Å². The minimum atomic E-state index is 0.515. The highest BCUT2D eigenvalue weighted by molar-refractivity contribution is 5.67. The third-order valence-electron chi connectivity index (χ3n) is 1.92. The van der Waals surface area contributed by atoms with E-state index in [-0.39, 0.29) is 0 Å². The summed E-state index contributed by atoms with van der Waals surface area (Å²) in [6.45, 7) is 6.34. The number of hydrogen-bond donors (Lipinski definition) is 1. The smallest absolute Gasteiger partial charge is 0.0174 e. The number of nitrogens with one attached hydrogen (secondary N) is 1. The highest BCUT2D eigenvalue weighted by Crippen LogP contribution is 2.15. The van der Waals surface area contributed by atoms with E-state index in [0.717, 1.165) is 6.42 Å². The van der Waals surface area contributed by atoms with Gasteiger partial charge in [0.1, 0.15) is 0 Å². The van der Waals surface area contributed by atoms with Gasteiger partial charge in [-0.2, -0.15) is 0 Å². The van der Waals surface area contributed by atoms with Crippen molar-refractivity contribution < 1.29 is 0 Å². The predicted molar refractivity (Wildman–Crippen MR) is 51.1 cm³/mol. The Kier molecular flexibility index (Phi) is 5.44. The lowest BCUT2D eigenvalue weighted by molar-refractivity contribution is 0.726. The quantitative estimate of drug-likeness (QED) is 0.471. The molecule has 1 N–H and O–H groups in total. The van der Waals surface area contributed by atoms with Crippen molar-refractivity contribution in [3.63, 3.8) is 0 Å². The average Bonchev–Trinajstić information content (AvgIpc) is 2.05. The second-order valence-corrected chi connectivity index (χ2v) is 2.60. The minimum absolute atomic E-state index is 0.515. The third-order valence-corrected chi connectivity index (χ3v) is 1.92. The Bertz CT molecular complexity index is 166. The van der Waals surface area contributed by atoms with Crippen LogP contribution in [-0.4, -0.2) is 6.21 Å². The highest BCUT2D eigenvalue weighted by atomic mass is 14.3. The van der Waals surface area contributed by atoms with Gasteiger partial charge in [0, 0.05) is 6.21 Å². The third kappa shape index (κ3) is 3.76. The molecule has 0 bridgehead atoms. The molecule has 0 spiro atoms. The first-order chi connectivity index (χ1) is 5.26. The Balaban J connectivity index is 4.16. The standard InChI is InChI=1S/C10H17N/c1-4-9(3)10(5-2)7-6-8-11/h4,6-8,10-11H,5H2,1-3H3/b7-6-,9-4-,11-8?. The number of hydrogen-bond acceptors (Lipinski definition) is 1. The Morgan fingerprint density at radius 1 is 1.55 bits per heavy atom. The molecule has 0 heterocycles. The average molecular weight is 151 g/mol. The van der Waals surface area contributed by atoms with E-state index in [1.807, 2.05) is 0 Å². The maximum atomic E-state index is 6.84. The predicted octanol–water partition coefficient (Wildman–Crippen LogP) is 3.18. The fraction of sp³-hybridized carbons (Fsp3) is 0.500. The summed E-state index contributed by atoms with van der Waals surface area (Å²) in [7, 11) is 0. The summed E-state index contributed by atoms with van der Waals surface area (Å²) in [4.78, 5) is 0. The number of rotatable bonds is 4. The van der Waals surface area contributed by atoms with Gasteiger partial charge < -0.3 is 5.41 Å². The van der Waals surface area contributed by atoms with E-state index >= 15 is 0 Å². The summed E-state index contributed by atoms with van der Waals surface area (Å²) in [6, 6.07) is 0. The van der Waals surface area contributed by atoms with Crippen LogP contribution in [0.5, 0.6) is 0 Å². The van der Waals surface area contributed by atoms with E-state index < -0.39 is 0 Å². The lowest BCUT2D eigenvalue weighted by Gasteiger charge is -2.08. The number of allylic oxidation sites excluding steroid dienone is 4. The second kappa shape index (κ2) is 5.90. The van der Waals surface area contributed by atoms with Crippen molar-refractivity contribution in [1.82, 2.24) is 0 Å². The molecular weight excluding hydrogens is 134 g/mol. The van der Waals surface area contributed by atoms with Gasteiger partial charge in [-0.05, 0) is 32.3 Å². The topological polar surface area (TPSA) is 23.9 Å². The summed E-state index contributed by atoms with van der Waals surface area (Å²) in [5.74, 6) is 0.515. The molecule has 0 aromatic rings. The van der Waals surface area contributed by atoms with E-state index in [9.17, 15) is 0 Å². The zero-order valence-corrected chi connectivity index (χ0v) is 7.59. The molecule has 62 valence electrons. The SMILES string of the molecule is C/C=C(/C)C(/C=C\C=N)CC. The van der Waals surface area contributed by atoms with Gasteiger partial charge in [-0.25, -0.2) is 0 Å². The maximum Gasteiger partial charge on any atom is 0.0174 e. The van der Waals surface area contributed by atoms with Gasteiger partial charge in [-0.15, -0.1) is 0 Å². The van der Waals surface area contributed by atoms with Gasteiger partial charge in [-0.1, -0.05) is 24.6 Å². The molecule has 0 saturated heterocycles. The molecule has 0 aliphatic rings. The molecule has 1 heteroatoms. The van der Waals surface area contributed by atoms with Gasteiger partial charge in [0.05, 0.1) is 0 Å².